The Labute approximate surface area is 197 Å². The first-order valence-corrected chi connectivity index (χ1v) is 12.3. The van der Waals surface area contributed by atoms with E-state index < -0.39 is 15.8 Å². The van der Waals surface area contributed by atoms with E-state index in [0.29, 0.717) is 36.0 Å². The maximum absolute atomic E-state index is 13.3. The van der Waals surface area contributed by atoms with Crippen molar-refractivity contribution in [2.24, 2.45) is 0 Å². The topological polar surface area (TPSA) is 69.7 Å². The summed E-state index contributed by atoms with van der Waals surface area (Å²) in [6.45, 7) is 3.32. The van der Waals surface area contributed by atoms with Gasteiger partial charge in [-0.05, 0) is 73.0 Å². The summed E-state index contributed by atoms with van der Waals surface area (Å²) in [5.41, 5.74) is 2.55. The second kappa shape index (κ2) is 9.41. The van der Waals surface area contributed by atoms with Gasteiger partial charge in [-0.2, -0.15) is 0 Å². The summed E-state index contributed by atoms with van der Waals surface area (Å²) in [5.74, 6) is -0.523. The van der Waals surface area contributed by atoms with E-state index in [-0.39, 0.29) is 10.9 Å². The number of hydrogen-bond donors (Lipinski definition) is 1. The number of anilines is 2. The number of amides is 2. The first-order chi connectivity index (χ1) is 15.7. The lowest BCUT2D eigenvalue weighted by Crippen LogP contribution is -2.49. The fraction of sp³-hybridized carbons (Fsp3) is 0.208. The summed E-state index contributed by atoms with van der Waals surface area (Å²) >= 11 is 5.96. The Morgan fingerprint density at radius 2 is 1.70 bits per heavy atom. The van der Waals surface area contributed by atoms with Crippen LogP contribution in [0.1, 0.15) is 17.5 Å². The van der Waals surface area contributed by atoms with Crippen molar-refractivity contribution in [3.05, 3.63) is 88.7 Å². The van der Waals surface area contributed by atoms with E-state index in [1.54, 1.807) is 34.1 Å². The van der Waals surface area contributed by atoms with Gasteiger partial charge in [0.25, 0.3) is 10.0 Å². The van der Waals surface area contributed by atoms with Crippen LogP contribution < -0.4 is 9.62 Å². The molecule has 4 rings (SSSR count). The minimum Gasteiger partial charge on any atom is -0.320 e. The average molecular weight is 488 g/mol. The maximum Gasteiger partial charge on any atom is 0.324 e. The molecule has 2 amide bonds. The number of nitrogens with zero attached hydrogens (tertiary/aromatic N) is 2. The maximum atomic E-state index is 13.3. The third-order valence-corrected chi connectivity index (χ3v) is 7.04. The molecule has 0 aliphatic carbocycles. The van der Waals surface area contributed by atoms with Crippen LogP contribution in [0.5, 0.6) is 0 Å². The van der Waals surface area contributed by atoms with E-state index in [1.807, 2.05) is 25.1 Å². The van der Waals surface area contributed by atoms with Crippen LogP contribution in [0.15, 0.2) is 71.6 Å². The molecule has 172 valence electrons. The van der Waals surface area contributed by atoms with Crippen molar-refractivity contribution in [3.63, 3.8) is 0 Å². The van der Waals surface area contributed by atoms with Gasteiger partial charge in [0.15, 0.2) is 0 Å². The van der Waals surface area contributed by atoms with Gasteiger partial charge in [-0.15, -0.1) is 0 Å². The third-order valence-electron chi connectivity index (χ3n) is 5.41. The molecule has 3 aromatic carbocycles. The molecule has 0 radical (unpaired) electrons. The predicted molar refractivity (Wildman–Crippen MR) is 128 cm³/mol. The standard InChI is InChI=1S/C24H23ClFN3O3S/c1-17-3-12-23(22(15-17)27-33(31,32)21-10-8-20(26)9-11-21)29-14-2-13-28(24(29)30)16-18-4-6-19(25)7-5-18/h3-12,15,27H,2,13-14,16H2,1H3. The molecule has 3 aromatic rings. The third kappa shape index (κ3) is 5.29. The molecule has 1 N–H and O–H groups in total. The number of urea groups is 1. The van der Waals surface area contributed by atoms with Crippen LogP contribution in [0.4, 0.5) is 20.6 Å². The summed E-state index contributed by atoms with van der Waals surface area (Å²) in [5, 5.41) is 0.628. The molecule has 9 heteroatoms. The van der Waals surface area contributed by atoms with Gasteiger partial charge in [0, 0.05) is 24.7 Å². The van der Waals surface area contributed by atoms with Gasteiger partial charge in [0.2, 0.25) is 0 Å². The highest BCUT2D eigenvalue weighted by Crippen LogP contribution is 2.32. The van der Waals surface area contributed by atoms with Crippen LogP contribution >= 0.6 is 11.6 Å². The van der Waals surface area contributed by atoms with Crippen molar-refractivity contribution in [1.82, 2.24) is 4.90 Å². The van der Waals surface area contributed by atoms with Gasteiger partial charge in [-0.25, -0.2) is 17.6 Å². The van der Waals surface area contributed by atoms with Crippen molar-refractivity contribution in [2.75, 3.05) is 22.7 Å². The van der Waals surface area contributed by atoms with Crippen molar-refractivity contribution < 1.29 is 17.6 Å². The van der Waals surface area contributed by atoms with Crippen molar-refractivity contribution in [1.29, 1.82) is 0 Å². The molecule has 1 saturated heterocycles. The number of carbonyl (C=O) groups excluding carboxylic acids is 1. The monoisotopic (exact) mass is 487 g/mol. The molecule has 0 atom stereocenters. The summed E-state index contributed by atoms with van der Waals surface area (Å²) in [7, 11) is -3.97. The van der Waals surface area contributed by atoms with Crippen LogP contribution in [0.2, 0.25) is 5.02 Å². The van der Waals surface area contributed by atoms with E-state index in [4.69, 9.17) is 11.6 Å². The zero-order valence-corrected chi connectivity index (χ0v) is 19.5. The molecule has 1 heterocycles. The number of nitrogens with one attached hydrogen (secondary N) is 1. The first kappa shape index (κ1) is 23.1. The lowest BCUT2D eigenvalue weighted by molar-refractivity contribution is 0.192. The molecule has 1 aliphatic rings. The quantitative estimate of drug-likeness (QED) is 0.504. The van der Waals surface area contributed by atoms with E-state index in [2.05, 4.69) is 4.72 Å². The molecular formula is C24H23ClFN3O3S. The number of sulfonamides is 1. The molecule has 1 aliphatic heterocycles. The normalized spacial score (nSPS) is 14.5. The molecule has 0 bridgehead atoms. The number of halogens is 2. The molecule has 6 nitrogen and oxygen atoms in total. The minimum absolute atomic E-state index is 0.0642. The smallest absolute Gasteiger partial charge is 0.320 e. The summed E-state index contributed by atoms with van der Waals surface area (Å²) in [6, 6.07) is 17.0. The first-order valence-electron chi connectivity index (χ1n) is 10.4. The number of aryl methyl sites for hydroxylation is 1. The second-order valence-electron chi connectivity index (χ2n) is 7.92. The predicted octanol–water partition coefficient (Wildman–Crippen LogP) is 5.42. The minimum atomic E-state index is -3.97. The summed E-state index contributed by atoms with van der Waals surface area (Å²) in [4.78, 5) is 16.6. The van der Waals surface area contributed by atoms with Crippen LogP contribution in [0.25, 0.3) is 0 Å². The van der Waals surface area contributed by atoms with Gasteiger partial charge < -0.3 is 4.90 Å². The molecule has 0 unspecified atom stereocenters. The molecule has 0 saturated carbocycles. The molecular weight excluding hydrogens is 465 g/mol. The van der Waals surface area contributed by atoms with Crippen LogP contribution in [-0.4, -0.2) is 32.4 Å². The number of rotatable bonds is 6. The van der Waals surface area contributed by atoms with Gasteiger partial charge >= 0.3 is 6.03 Å². The van der Waals surface area contributed by atoms with E-state index in [9.17, 15) is 17.6 Å². The summed E-state index contributed by atoms with van der Waals surface area (Å²) in [6.07, 6.45) is 0.733. The SMILES string of the molecule is Cc1ccc(N2CCCN(Cc3ccc(Cl)cc3)C2=O)c(NS(=O)(=O)c2ccc(F)cc2)c1. The zero-order valence-electron chi connectivity index (χ0n) is 18.0. The fourth-order valence-corrected chi connectivity index (χ4v) is 4.94. The van der Waals surface area contributed by atoms with Gasteiger partial charge in [0.05, 0.1) is 16.3 Å². The number of carbonyl (C=O) groups is 1. The van der Waals surface area contributed by atoms with E-state index in [0.717, 1.165) is 29.7 Å². The Morgan fingerprint density at radius 1 is 1.00 bits per heavy atom. The van der Waals surface area contributed by atoms with Crippen molar-refractivity contribution in [2.45, 2.75) is 24.8 Å². The van der Waals surface area contributed by atoms with Crippen molar-refractivity contribution >= 4 is 39.0 Å². The molecule has 1 fully saturated rings. The summed E-state index contributed by atoms with van der Waals surface area (Å²) < 4.78 is 41.7. The zero-order chi connectivity index (χ0) is 23.6. The fourth-order valence-electron chi connectivity index (χ4n) is 3.75. The lowest BCUT2D eigenvalue weighted by Gasteiger charge is -2.36. The number of hydrogen-bond acceptors (Lipinski definition) is 3. The lowest BCUT2D eigenvalue weighted by atomic mass is 10.1. The van der Waals surface area contributed by atoms with Crippen molar-refractivity contribution in [3.8, 4) is 0 Å². The van der Waals surface area contributed by atoms with E-state index in [1.165, 1.54) is 12.1 Å². The van der Waals surface area contributed by atoms with Crippen LogP contribution in [0.3, 0.4) is 0 Å². The highest BCUT2D eigenvalue weighted by atomic mass is 35.5. The van der Waals surface area contributed by atoms with E-state index >= 15 is 0 Å². The second-order valence-corrected chi connectivity index (χ2v) is 10.0. The Kier molecular flexibility index (Phi) is 6.58. The van der Waals surface area contributed by atoms with Gasteiger partial charge in [-0.3, -0.25) is 9.62 Å². The Hall–Kier alpha value is -3.10. The van der Waals surface area contributed by atoms with Crippen LogP contribution in [-0.2, 0) is 16.6 Å². The average Bonchev–Trinajstić information content (AvgIpc) is 2.77. The molecule has 0 aromatic heterocycles. The van der Waals surface area contributed by atoms with Crippen LogP contribution in [0, 0.1) is 12.7 Å². The Balaban J connectivity index is 1.61. The Morgan fingerprint density at radius 3 is 2.39 bits per heavy atom. The van der Waals surface area contributed by atoms with Gasteiger partial charge in [-0.1, -0.05) is 29.8 Å². The largest absolute Gasteiger partial charge is 0.324 e. The Bertz CT molecular complexity index is 1270. The highest BCUT2D eigenvalue weighted by Gasteiger charge is 2.29. The number of benzene rings is 3. The van der Waals surface area contributed by atoms with Gasteiger partial charge in [0.1, 0.15) is 5.82 Å². The molecule has 0 spiro atoms. The molecule has 33 heavy (non-hydrogen) atoms. The highest BCUT2D eigenvalue weighted by molar-refractivity contribution is 7.92.